The molecular formula is C10H16ClN3O2. The van der Waals surface area contributed by atoms with Crippen molar-refractivity contribution in [2.45, 2.75) is 31.2 Å². The van der Waals surface area contributed by atoms with Gasteiger partial charge in [0.2, 0.25) is 5.75 Å². The van der Waals surface area contributed by atoms with Crippen LogP contribution in [0.1, 0.15) is 31.5 Å². The molecule has 0 spiro atoms. The van der Waals surface area contributed by atoms with E-state index >= 15 is 0 Å². The highest BCUT2D eigenvalue weighted by Gasteiger charge is 2.33. The van der Waals surface area contributed by atoms with E-state index in [0.29, 0.717) is 5.82 Å². The number of hydrogen-bond acceptors (Lipinski definition) is 4. The van der Waals surface area contributed by atoms with Gasteiger partial charge in [-0.15, -0.1) is 12.4 Å². The third kappa shape index (κ3) is 2.20. The summed E-state index contributed by atoms with van der Waals surface area (Å²) in [5, 5.41) is 0. The van der Waals surface area contributed by atoms with E-state index in [1.54, 1.807) is 0 Å². The Bertz CT molecular complexity index is 413. The van der Waals surface area contributed by atoms with Crippen LogP contribution in [0.2, 0.25) is 0 Å². The van der Waals surface area contributed by atoms with Gasteiger partial charge >= 0.3 is 0 Å². The van der Waals surface area contributed by atoms with E-state index in [4.69, 9.17) is 10.5 Å². The smallest absolute Gasteiger partial charge is 0.293 e. The molecule has 0 aromatic carbocycles. The number of nitrogens with one attached hydrogen (secondary N) is 1. The maximum atomic E-state index is 11.5. The third-order valence-electron chi connectivity index (χ3n) is 2.95. The predicted octanol–water partition coefficient (Wildman–Crippen LogP) is 0.928. The Balaban J connectivity index is 0.00000128. The van der Waals surface area contributed by atoms with Gasteiger partial charge in [0.1, 0.15) is 5.82 Å². The summed E-state index contributed by atoms with van der Waals surface area (Å²) in [6.45, 7) is 0. The fraction of sp³-hybridized carbons (Fsp3) is 0.600. The molecule has 0 amide bonds. The molecule has 90 valence electrons. The largest absolute Gasteiger partial charge is 0.490 e. The van der Waals surface area contributed by atoms with Crippen LogP contribution in [0.5, 0.6) is 5.75 Å². The van der Waals surface area contributed by atoms with Crippen LogP contribution in [0.25, 0.3) is 0 Å². The molecule has 0 atom stereocenters. The summed E-state index contributed by atoms with van der Waals surface area (Å²) >= 11 is 0. The van der Waals surface area contributed by atoms with Gasteiger partial charge in [0.15, 0.2) is 0 Å². The van der Waals surface area contributed by atoms with E-state index in [0.717, 1.165) is 25.7 Å². The Kier molecular flexibility index (Phi) is 3.93. The summed E-state index contributed by atoms with van der Waals surface area (Å²) in [5.74, 6) is 0.797. The van der Waals surface area contributed by atoms with E-state index in [1.807, 2.05) is 0 Å². The van der Waals surface area contributed by atoms with Crippen molar-refractivity contribution >= 4 is 12.4 Å². The Morgan fingerprint density at radius 2 is 2.12 bits per heavy atom. The highest BCUT2D eigenvalue weighted by Crippen LogP contribution is 2.33. The van der Waals surface area contributed by atoms with Gasteiger partial charge in [0.05, 0.1) is 18.8 Å². The molecule has 0 bridgehead atoms. The van der Waals surface area contributed by atoms with Gasteiger partial charge in [-0.3, -0.25) is 4.79 Å². The van der Waals surface area contributed by atoms with E-state index in [-0.39, 0.29) is 23.7 Å². The molecule has 1 aliphatic rings. The first kappa shape index (κ1) is 13.0. The Morgan fingerprint density at radius 3 is 2.62 bits per heavy atom. The van der Waals surface area contributed by atoms with Gasteiger partial charge in [-0.2, -0.15) is 0 Å². The zero-order chi connectivity index (χ0) is 10.9. The number of aromatic amines is 1. The number of halogens is 1. The SMILES string of the molecule is COc1cnc(C2(N)CCCC2)[nH]c1=O.Cl. The average Bonchev–Trinajstić information content (AvgIpc) is 2.66. The standard InChI is InChI=1S/C10H15N3O2.ClH/c1-15-7-6-12-9(13-8(7)14)10(11)4-2-3-5-10;/h6H,2-5,11H2,1H3,(H,12,13,14);1H. The molecule has 1 aliphatic carbocycles. The monoisotopic (exact) mass is 245 g/mol. The third-order valence-corrected chi connectivity index (χ3v) is 2.95. The fourth-order valence-corrected chi connectivity index (χ4v) is 2.02. The van der Waals surface area contributed by atoms with Crippen LogP contribution in [0.4, 0.5) is 0 Å². The molecule has 5 nitrogen and oxygen atoms in total. The second kappa shape index (κ2) is 4.84. The quantitative estimate of drug-likeness (QED) is 0.812. The highest BCUT2D eigenvalue weighted by atomic mass is 35.5. The van der Waals surface area contributed by atoms with Crippen LogP contribution in [0.3, 0.4) is 0 Å². The lowest BCUT2D eigenvalue weighted by Crippen LogP contribution is -2.37. The van der Waals surface area contributed by atoms with Crippen LogP contribution >= 0.6 is 12.4 Å². The summed E-state index contributed by atoms with van der Waals surface area (Å²) in [7, 11) is 1.44. The number of methoxy groups -OCH3 is 1. The number of hydrogen-bond donors (Lipinski definition) is 2. The van der Waals surface area contributed by atoms with Gasteiger partial charge in [-0.1, -0.05) is 12.8 Å². The summed E-state index contributed by atoms with van der Waals surface area (Å²) in [6, 6.07) is 0. The van der Waals surface area contributed by atoms with Crippen molar-refractivity contribution in [3.8, 4) is 5.75 Å². The van der Waals surface area contributed by atoms with E-state index in [9.17, 15) is 4.79 Å². The van der Waals surface area contributed by atoms with Gasteiger partial charge in [0, 0.05) is 0 Å². The lowest BCUT2D eigenvalue weighted by molar-refractivity contribution is 0.393. The fourth-order valence-electron chi connectivity index (χ4n) is 2.02. The van der Waals surface area contributed by atoms with Crippen molar-refractivity contribution in [3.05, 3.63) is 22.4 Å². The minimum atomic E-state index is -0.453. The van der Waals surface area contributed by atoms with Crippen molar-refractivity contribution in [2.75, 3.05) is 7.11 Å². The molecule has 1 saturated carbocycles. The molecule has 0 aliphatic heterocycles. The maximum absolute atomic E-state index is 11.5. The minimum absolute atomic E-state index is 0. The molecule has 1 fully saturated rings. The van der Waals surface area contributed by atoms with E-state index in [2.05, 4.69) is 9.97 Å². The Hall–Kier alpha value is -1.07. The van der Waals surface area contributed by atoms with Crippen LogP contribution in [-0.2, 0) is 5.54 Å². The second-order valence-electron chi connectivity index (χ2n) is 3.99. The van der Waals surface area contributed by atoms with Crippen LogP contribution in [-0.4, -0.2) is 17.1 Å². The number of rotatable bonds is 2. The molecule has 0 radical (unpaired) electrons. The summed E-state index contributed by atoms with van der Waals surface area (Å²) in [4.78, 5) is 18.3. The first-order valence-corrected chi connectivity index (χ1v) is 5.08. The van der Waals surface area contributed by atoms with Crippen molar-refractivity contribution in [2.24, 2.45) is 5.73 Å². The molecule has 16 heavy (non-hydrogen) atoms. The lowest BCUT2D eigenvalue weighted by atomic mass is 9.98. The highest BCUT2D eigenvalue weighted by molar-refractivity contribution is 5.85. The Morgan fingerprint density at radius 1 is 1.50 bits per heavy atom. The first-order valence-electron chi connectivity index (χ1n) is 5.08. The zero-order valence-electron chi connectivity index (χ0n) is 9.16. The summed E-state index contributed by atoms with van der Waals surface area (Å²) in [6.07, 6.45) is 5.37. The van der Waals surface area contributed by atoms with Gasteiger partial charge in [-0.05, 0) is 12.8 Å². The van der Waals surface area contributed by atoms with Gasteiger partial charge < -0.3 is 15.5 Å². The van der Waals surface area contributed by atoms with E-state index in [1.165, 1.54) is 13.3 Å². The van der Waals surface area contributed by atoms with Crippen LogP contribution < -0.4 is 16.0 Å². The molecule has 1 aromatic rings. The molecule has 6 heteroatoms. The van der Waals surface area contributed by atoms with Crippen LogP contribution in [0, 0.1) is 0 Å². The number of nitrogens with zero attached hydrogens (tertiary/aromatic N) is 1. The summed E-state index contributed by atoms with van der Waals surface area (Å²) in [5.41, 5.74) is 5.45. The van der Waals surface area contributed by atoms with Crippen molar-refractivity contribution in [1.29, 1.82) is 0 Å². The molecule has 3 N–H and O–H groups in total. The summed E-state index contributed by atoms with van der Waals surface area (Å²) < 4.78 is 4.85. The Labute approximate surface area is 99.8 Å². The maximum Gasteiger partial charge on any atom is 0.293 e. The lowest BCUT2D eigenvalue weighted by Gasteiger charge is -2.21. The number of nitrogens with two attached hydrogens (primary N) is 1. The molecular weight excluding hydrogens is 230 g/mol. The first-order chi connectivity index (χ1) is 7.15. The minimum Gasteiger partial charge on any atom is -0.490 e. The van der Waals surface area contributed by atoms with Crippen LogP contribution in [0.15, 0.2) is 11.0 Å². The molecule has 1 heterocycles. The predicted molar refractivity (Wildman–Crippen MR) is 63.0 cm³/mol. The van der Waals surface area contributed by atoms with E-state index < -0.39 is 5.54 Å². The van der Waals surface area contributed by atoms with Crippen molar-refractivity contribution in [1.82, 2.24) is 9.97 Å². The van der Waals surface area contributed by atoms with Crippen molar-refractivity contribution < 1.29 is 4.74 Å². The second-order valence-corrected chi connectivity index (χ2v) is 3.99. The molecule has 1 aromatic heterocycles. The van der Waals surface area contributed by atoms with Crippen molar-refractivity contribution in [3.63, 3.8) is 0 Å². The molecule has 2 rings (SSSR count). The molecule has 0 saturated heterocycles. The van der Waals surface area contributed by atoms with Gasteiger partial charge in [-0.25, -0.2) is 4.98 Å². The zero-order valence-corrected chi connectivity index (χ0v) is 9.97. The topological polar surface area (TPSA) is 81.0 Å². The van der Waals surface area contributed by atoms with Gasteiger partial charge in [0.25, 0.3) is 5.56 Å². The number of H-pyrrole nitrogens is 1. The number of aromatic nitrogens is 2. The number of ether oxygens (including phenoxy) is 1. The normalized spacial score (nSPS) is 17.9. The average molecular weight is 246 g/mol. The molecule has 0 unspecified atom stereocenters.